The second kappa shape index (κ2) is 5.09. The van der Waals surface area contributed by atoms with Gasteiger partial charge in [-0.05, 0) is 36.6 Å². The van der Waals surface area contributed by atoms with Gasteiger partial charge in [-0.15, -0.1) is 0 Å². The maximum Gasteiger partial charge on any atom is 0.0702 e. The van der Waals surface area contributed by atoms with Gasteiger partial charge in [0.2, 0.25) is 0 Å². The van der Waals surface area contributed by atoms with E-state index in [4.69, 9.17) is 11.6 Å². The number of pyridine rings is 1. The molecule has 0 spiro atoms. The maximum absolute atomic E-state index is 6.32. The maximum atomic E-state index is 6.32. The first-order chi connectivity index (χ1) is 8.83. The molecular formula is C15H15ClN2. The van der Waals surface area contributed by atoms with Crippen LogP contribution < -0.4 is 5.32 Å². The summed E-state index contributed by atoms with van der Waals surface area (Å²) >= 11 is 6.32. The van der Waals surface area contributed by atoms with Crippen molar-refractivity contribution in [3.05, 3.63) is 53.2 Å². The summed E-state index contributed by atoms with van der Waals surface area (Å²) < 4.78 is 0. The van der Waals surface area contributed by atoms with Gasteiger partial charge in [0.25, 0.3) is 0 Å². The first-order valence-corrected chi connectivity index (χ1v) is 6.64. The fourth-order valence-electron chi connectivity index (χ4n) is 1.93. The molecule has 0 saturated heterocycles. The first kappa shape index (κ1) is 11.7. The minimum Gasteiger partial charge on any atom is -0.310 e. The summed E-state index contributed by atoms with van der Waals surface area (Å²) in [4.78, 5) is 4.33. The molecule has 1 aliphatic rings. The second-order valence-corrected chi connectivity index (χ2v) is 5.08. The Bertz CT molecular complexity index is 535. The standard InChI is InChI=1S/C15H15ClN2/c16-14-9-11(15-3-1-2-8-17-15)4-5-12(14)10-18-13-6-7-13/h1-5,8-9,13,18H,6-7,10H2. The normalized spacial score (nSPS) is 14.7. The molecular weight excluding hydrogens is 244 g/mol. The molecule has 1 aromatic carbocycles. The fourth-order valence-corrected chi connectivity index (χ4v) is 2.17. The third-order valence-electron chi connectivity index (χ3n) is 3.17. The summed E-state index contributed by atoms with van der Waals surface area (Å²) in [6.07, 6.45) is 4.39. The van der Waals surface area contributed by atoms with Gasteiger partial charge in [-0.2, -0.15) is 0 Å². The van der Waals surface area contributed by atoms with Crippen molar-refractivity contribution in [3.63, 3.8) is 0 Å². The van der Waals surface area contributed by atoms with Crippen molar-refractivity contribution in [2.75, 3.05) is 0 Å². The molecule has 2 nitrogen and oxygen atoms in total. The van der Waals surface area contributed by atoms with E-state index >= 15 is 0 Å². The van der Waals surface area contributed by atoms with Crippen LogP contribution in [0, 0.1) is 0 Å². The molecule has 1 N–H and O–H groups in total. The molecule has 0 atom stereocenters. The van der Waals surface area contributed by atoms with Crippen molar-refractivity contribution < 1.29 is 0 Å². The third-order valence-corrected chi connectivity index (χ3v) is 3.52. The Balaban J connectivity index is 1.79. The molecule has 0 amide bonds. The van der Waals surface area contributed by atoms with Crippen LogP contribution in [-0.4, -0.2) is 11.0 Å². The van der Waals surface area contributed by atoms with E-state index in [-0.39, 0.29) is 0 Å². The zero-order valence-corrected chi connectivity index (χ0v) is 10.8. The predicted molar refractivity (Wildman–Crippen MR) is 74.5 cm³/mol. The number of benzene rings is 1. The van der Waals surface area contributed by atoms with Crippen LogP contribution in [0.4, 0.5) is 0 Å². The van der Waals surface area contributed by atoms with Gasteiger partial charge < -0.3 is 5.32 Å². The lowest BCUT2D eigenvalue weighted by Crippen LogP contribution is -2.15. The monoisotopic (exact) mass is 258 g/mol. The zero-order chi connectivity index (χ0) is 12.4. The molecule has 0 bridgehead atoms. The van der Waals surface area contributed by atoms with Gasteiger partial charge in [-0.25, -0.2) is 0 Å². The van der Waals surface area contributed by atoms with Crippen LogP contribution in [0.3, 0.4) is 0 Å². The summed E-state index contributed by atoms with van der Waals surface area (Å²) in [7, 11) is 0. The lowest BCUT2D eigenvalue weighted by molar-refractivity contribution is 0.688. The molecule has 1 aromatic heterocycles. The van der Waals surface area contributed by atoms with E-state index in [1.165, 1.54) is 12.8 Å². The minimum absolute atomic E-state index is 0.705. The van der Waals surface area contributed by atoms with Gasteiger partial charge in [0.05, 0.1) is 5.69 Å². The first-order valence-electron chi connectivity index (χ1n) is 6.26. The molecule has 1 fully saturated rings. The van der Waals surface area contributed by atoms with E-state index in [1.807, 2.05) is 24.3 Å². The van der Waals surface area contributed by atoms with Crippen molar-refractivity contribution in [1.82, 2.24) is 10.3 Å². The topological polar surface area (TPSA) is 24.9 Å². The lowest BCUT2D eigenvalue weighted by atomic mass is 10.1. The fraction of sp³-hybridized carbons (Fsp3) is 0.267. The average molecular weight is 259 g/mol. The largest absolute Gasteiger partial charge is 0.310 e. The Labute approximate surface area is 112 Å². The molecule has 1 heterocycles. The summed E-state index contributed by atoms with van der Waals surface area (Å²) in [5.74, 6) is 0. The number of rotatable bonds is 4. The Hall–Kier alpha value is -1.38. The lowest BCUT2D eigenvalue weighted by Gasteiger charge is -2.08. The number of hydrogen-bond donors (Lipinski definition) is 1. The highest BCUT2D eigenvalue weighted by Gasteiger charge is 2.20. The quantitative estimate of drug-likeness (QED) is 0.905. The summed E-state index contributed by atoms with van der Waals surface area (Å²) in [6.45, 7) is 0.853. The number of nitrogens with one attached hydrogen (secondary N) is 1. The SMILES string of the molecule is Clc1cc(-c2ccccn2)ccc1CNC1CC1. The van der Waals surface area contributed by atoms with E-state index in [0.29, 0.717) is 6.04 Å². The molecule has 0 aliphatic heterocycles. The van der Waals surface area contributed by atoms with Crippen molar-refractivity contribution in [2.45, 2.75) is 25.4 Å². The van der Waals surface area contributed by atoms with Gasteiger partial charge in [0.15, 0.2) is 0 Å². The van der Waals surface area contributed by atoms with Crippen molar-refractivity contribution >= 4 is 11.6 Å². The molecule has 3 heteroatoms. The van der Waals surface area contributed by atoms with E-state index < -0.39 is 0 Å². The molecule has 1 aliphatic carbocycles. The predicted octanol–water partition coefficient (Wildman–Crippen LogP) is 3.65. The van der Waals surface area contributed by atoms with Crippen LogP contribution in [0.2, 0.25) is 5.02 Å². The number of aromatic nitrogens is 1. The van der Waals surface area contributed by atoms with Crippen LogP contribution in [0.1, 0.15) is 18.4 Å². The van der Waals surface area contributed by atoms with Crippen LogP contribution >= 0.6 is 11.6 Å². The van der Waals surface area contributed by atoms with Crippen molar-refractivity contribution in [2.24, 2.45) is 0 Å². The summed E-state index contributed by atoms with van der Waals surface area (Å²) in [6, 6.07) is 12.8. The van der Waals surface area contributed by atoms with Gasteiger partial charge >= 0.3 is 0 Å². The number of hydrogen-bond acceptors (Lipinski definition) is 2. The van der Waals surface area contributed by atoms with Gasteiger partial charge in [0, 0.05) is 29.4 Å². The molecule has 3 rings (SSSR count). The van der Waals surface area contributed by atoms with E-state index in [2.05, 4.69) is 22.4 Å². The molecule has 0 unspecified atom stereocenters. The Kier molecular flexibility index (Phi) is 3.31. The van der Waals surface area contributed by atoms with Crippen LogP contribution in [-0.2, 0) is 6.54 Å². The van der Waals surface area contributed by atoms with E-state index in [9.17, 15) is 0 Å². The molecule has 18 heavy (non-hydrogen) atoms. The average Bonchev–Trinajstić information content (AvgIpc) is 3.22. The molecule has 92 valence electrons. The van der Waals surface area contributed by atoms with Crippen LogP contribution in [0.25, 0.3) is 11.3 Å². The number of halogens is 1. The highest BCUT2D eigenvalue weighted by molar-refractivity contribution is 6.31. The summed E-state index contributed by atoms with van der Waals surface area (Å²) in [5.41, 5.74) is 3.18. The smallest absolute Gasteiger partial charge is 0.0702 e. The van der Waals surface area contributed by atoms with Gasteiger partial charge in [0.1, 0.15) is 0 Å². The minimum atomic E-state index is 0.705. The van der Waals surface area contributed by atoms with Gasteiger partial charge in [-0.1, -0.05) is 29.8 Å². The van der Waals surface area contributed by atoms with E-state index in [1.54, 1.807) is 6.20 Å². The Morgan fingerprint density at radius 3 is 2.78 bits per heavy atom. The Morgan fingerprint density at radius 2 is 2.11 bits per heavy atom. The second-order valence-electron chi connectivity index (χ2n) is 4.68. The molecule has 1 saturated carbocycles. The number of nitrogens with zero attached hydrogens (tertiary/aromatic N) is 1. The van der Waals surface area contributed by atoms with E-state index in [0.717, 1.165) is 28.4 Å². The summed E-state index contributed by atoms with van der Waals surface area (Å²) in [5, 5.41) is 4.28. The molecule has 2 aromatic rings. The van der Waals surface area contributed by atoms with Crippen molar-refractivity contribution in [1.29, 1.82) is 0 Å². The zero-order valence-electron chi connectivity index (χ0n) is 10.1. The van der Waals surface area contributed by atoms with Crippen molar-refractivity contribution in [3.8, 4) is 11.3 Å². The highest BCUT2D eigenvalue weighted by atomic mass is 35.5. The Morgan fingerprint density at radius 1 is 1.22 bits per heavy atom. The third kappa shape index (κ3) is 2.71. The van der Waals surface area contributed by atoms with Gasteiger partial charge in [-0.3, -0.25) is 4.98 Å². The van der Waals surface area contributed by atoms with Crippen LogP contribution in [0.5, 0.6) is 0 Å². The highest BCUT2D eigenvalue weighted by Crippen LogP contribution is 2.25. The molecule has 0 radical (unpaired) electrons. The van der Waals surface area contributed by atoms with Crippen LogP contribution in [0.15, 0.2) is 42.6 Å².